The second-order valence-corrected chi connectivity index (χ2v) is 5.90. The number of benzene rings is 1. The summed E-state index contributed by atoms with van der Waals surface area (Å²) in [5.74, 6) is -2.68. The number of hydrogen-bond acceptors (Lipinski definition) is 6. The van der Waals surface area contributed by atoms with Crippen molar-refractivity contribution in [1.82, 2.24) is 4.90 Å². The average molecular weight is 328 g/mol. The molecule has 0 unspecified atom stereocenters. The maximum atomic E-state index is 12.0. The van der Waals surface area contributed by atoms with Crippen LogP contribution in [-0.2, 0) is 25.5 Å². The van der Waals surface area contributed by atoms with Gasteiger partial charge in [-0.2, -0.15) is 5.26 Å². The second kappa shape index (κ2) is 7.64. The fourth-order valence-electron chi connectivity index (χ4n) is 2.30. The Hall–Kier alpha value is -2.81. The molecule has 0 saturated carbocycles. The summed E-state index contributed by atoms with van der Waals surface area (Å²) < 4.78 is 10.2. The lowest BCUT2D eigenvalue weighted by atomic mass is 10.1. The highest BCUT2D eigenvalue weighted by molar-refractivity contribution is 6.15. The third-order valence-electron chi connectivity index (χ3n) is 3.47. The zero-order valence-corrected chi connectivity index (χ0v) is 13.8. The molecule has 1 aromatic carbocycles. The van der Waals surface area contributed by atoms with E-state index in [0.717, 1.165) is 12.0 Å². The molecule has 6 nitrogen and oxygen atoms in total. The van der Waals surface area contributed by atoms with E-state index in [1.165, 1.54) is 20.0 Å². The number of carbonyl (C=O) groups is 2. The number of carbonyl (C=O) groups excluding carboxylic acids is 2. The van der Waals surface area contributed by atoms with Crippen LogP contribution in [0.15, 0.2) is 42.1 Å². The van der Waals surface area contributed by atoms with Crippen LogP contribution in [0, 0.1) is 11.3 Å². The zero-order chi connectivity index (χ0) is 17.6. The van der Waals surface area contributed by atoms with Gasteiger partial charge in [-0.1, -0.05) is 30.3 Å². The first kappa shape index (κ1) is 17.5. The highest BCUT2D eigenvalue weighted by atomic mass is 16.7. The summed E-state index contributed by atoms with van der Waals surface area (Å²) in [5, 5.41) is 8.80. The normalized spacial score (nSPS) is 16.0. The zero-order valence-electron chi connectivity index (χ0n) is 13.8. The van der Waals surface area contributed by atoms with Gasteiger partial charge in [0.15, 0.2) is 5.57 Å². The summed E-state index contributed by atoms with van der Waals surface area (Å²) in [5.41, 5.74) is 0.980. The molecule has 0 atom stereocenters. The molecule has 0 radical (unpaired) electrons. The molecule has 0 aliphatic carbocycles. The summed E-state index contributed by atoms with van der Waals surface area (Å²) in [4.78, 5) is 25.8. The average Bonchev–Trinajstić information content (AvgIpc) is 2.52. The van der Waals surface area contributed by atoms with Gasteiger partial charge in [-0.15, -0.1) is 0 Å². The maximum absolute atomic E-state index is 12.0. The van der Waals surface area contributed by atoms with Gasteiger partial charge < -0.3 is 14.4 Å². The largest absolute Gasteiger partial charge is 0.419 e. The predicted octanol–water partition coefficient (Wildman–Crippen LogP) is 2.16. The van der Waals surface area contributed by atoms with Gasteiger partial charge in [0, 0.05) is 33.1 Å². The van der Waals surface area contributed by atoms with E-state index in [9.17, 15) is 9.59 Å². The van der Waals surface area contributed by atoms with E-state index < -0.39 is 17.7 Å². The Morgan fingerprint density at radius 1 is 1.12 bits per heavy atom. The Morgan fingerprint density at radius 3 is 2.33 bits per heavy atom. The molecule has 1 aromatic rings. The van der Waals surface area contributed by atoms with E-state index in [1.54, 1.807) is 4.90 Å². The second-order valence-electron chi connectivity index (χ2n) is 5.90. The molecular weight excluding hydrogens is 308 g/mol. The van der Waals surface area contributed by atoms with E-state index in [4.69, 9.17) is 14.7 Å². The predicted molar refractivity (Wildman–Crippen MR) is 86.3 cm³/mol. The van der Waals surface area contributed by atoms with Gasteiger partial charge in [0.05, 0.1) is 12.5 Å². The van der Waals surface area contributed by atoms with Crippen LogP contribution in [0.1, 0.15) is 25.8 Å². The molecule has 0 amide bonds. The standard InChI is InChI=1S/C18H20N2O4/c1-18(2)23-16(21)15(17(22)24-18)13-20(11-6-10-19)12-9-14-7-4-3-5-8-14/h3-5,7-8,13H,6,9,11-12H2,1-2H3. The number of rotatable bonds is 6. The highest BCUT2D eigenvalue weighted by Gasteiger charge is 2.39. The lowest BCUT2D eigenvalue weighted by molar-refractivity contribution is -0.222. The summed E-state index contributed by atoms with van der Waals surface area (Å²) >= 11 is 0. The molecule has 2 rings (SSSR count). The molecule has 1 saturated heterocycles. The minimum absolute atomic E-state index is 0.152. The van der Waals surface area contributed by atoms with Crippen molar-refractivity contribution in [2.45, 2.75) is 32.5 Å². The lowest BCUT2D eigenvalue weighted by Crippen LogP contribution is -2.42. The van der Waals surface area contributed by atoms with Crippen molar-refractivity contribution >= 4 is 11.9 Å². The molecule has 24 heavy (non-hydrogen) atoms. The van der Waals surface area contributed by atoms with Crippen molar-refractivity contribution in [3.05, 3.63) is 47.7 Å². The van der Waals surface area contributed by atoms with Gasteiger partial charge >= 0.3 is 11.9 Å². The maximum Gasteiger partial charge on any atom is 0.350 e. The van der Waals surface area contributed by atoms with Crippen LogP contribution < -0.4 is 0 Å². The van der Waals surface area contributed by atoms with Gasteiger partial charge in [-0.25, -0.2) is 9.59 Å². The first-order chi connectivity index (χ1) is 11.4. The van der Waals surface area contributed by atoms with Gasteiger partial charge in [-0.3, -0.25) is 0 Å². The number of nitrogens with zero attached hydrogens (tertiary/aromatic N) is 2. The van der Waals surface area contributed by atoms with Crippen LogP contribution in [0.5, 0.6) is 0 Å². The smallest absolute Gasteiger partial charge is 0.350 e. The molecule has 126 valence electrons. The molecular formula is C18H20N2O4. The van der Waals surface area contributed by atoms with Gasteiger partial charge in [0.25, 0.3) is 5.79 Å². The van der Waals surface area contributed by atoms with E-state index >= 15 is 0 Å². The van der Waals surface area contributed by atoms with Crippen molar-refractivity contribution in [3.8, 4) is 6.07 Å². The van der Waals surface area contributed by atoms with Crippen LogP contribution in [-0.4, -0.2) is 35.7 Å². The first-order valence-electron chi connectivity index (χ1n) is 7.75. The minimum atomic E-state index is -1.26. The summed E-state index contributed by atoms with van der Waals surface area (Å²) in [6.45, 7) is 3.99. The van der Waals surface area contributed by atoms with Gasteiger partial charge in [-0.05, 0) is 12.0 Å². The van der Waals surface area contributed by atoms with Crippen molar-refractivity contribution < 1.29 is 19.1 Å². The number of hydrogen-bond donors (Lipinski definition) is 0. The molecule has 1 aliphatic heterocycles. The number of esters is 2. The summed E-state index contributed by atoms with van der Waals surface area (Å²) in [6, 6.07) is 11.9. The molecule has 1 aliphatic rings. The Bertz CT molecular complexity index is 652. The Morgan fingerprint density at radius 2 is 1.75 bits per heavy atom. The van der Waals surface area contributed by atoms with Gasteiger partial charge in [0.1, 0.15) is 0 Å². The third-order valence-corrected chi connectivity index (χ3v) is 3.47. The molecule has 0 N–H and O–H groups in total. The van der Waals surface area contributed by atoms with E-state index in [1.807, 2.05) is 30.3 Å². The van der Waals surface area contributed by atoms with Gasteiger partial charge in [0.2, 0.25) is 0 Å². The first-order valence-corrected chi connectivity index (χ1v) is 7.75. The molecule has 1 heterocycles. The van der Waals surface area contributed by atoms with Crippen LogP contribution in [0.2, 0.25) is 0 Å². The summed E-state index contributed by atoms with van der Waals surface area (Å²) in [7, 11) is 0. The van der Waals surface area contributed by atoms with E-state index in [2.05, 4.69) is 6.07 Å². The van der Waals surface area contributed by atoms with Crippen molar-refractivity contribution in [2.75, 3.05) is 13.1 Å². The summed E-state index contributed by atoms with van der Waals surface area (Å²) in [6.07, 6.45) is 2.44. The monoisotopic (exact) mass is 328 g/mol. The molecule has 1 fully saturated rings. The SMILES string of the molecule is CC1(C)OC(=O)C(=CN(CCC#N)CCc2ccccc2)C(=O)O1. The van der Waals surface area contributed by atoms with Crippen LogP contribution in [0.25, 0.3) is 0 Å². The fourth-order valence-corrected chi connectivity index (χ4v) is 2.30. The lowest BCUT2D eigenvalue weighted by Gasteiger charge is -2.30. The Balaban J connectivity index is 2.11. The molecule has 0 aromatic heterocycles. The number of nitriles is 1. The minimum Gasteiger partial charge on any atom is -0.419 e. The number of ether oxygens (including phenoxy) is 2. The highest BCUT2D eigenvalue weighted by Crippen LogP contribution is 2.23. The third kappa shape index (κ3) is 4.85. The Labute approximate surface area is 141 Å². The molecule has 0 bridgehead atoms. The fraction of sp³-hybridized carbons (Fsp3) is 0.389. The van der Waals surface area contributed by atoms with Crippen molar-refractivity contribution in [1.29, 1.82) is 5.26 Å². The van der Waals surface area contributed by atoms with Crippen molar-refractivity contribution in [2.24, 2.45) is 0 Å². The molecule has 6 heteroatoms. The van der Waals surface area contributed by atoms with Crippen molar-refractivity contribution in [3.63, 3.8) is 0 Å². The van der Waals surface area contributed by atoms with E-state index in [-0.39, 0.29) is 12.0 Å². The topological polar surface area (TPSA) is 79.6 Å². The quantitative estimate of drug-likeness (QED) is 0.452. The Kier molecular flexibility index (Phi) is 5.59. The number of cyclic esters (lactones) is 2. The van der Waals surface area contributed by atoms with E-state index in [0.29, 0.717) is 13.1 Å². The molecule has 0 spiro atoms. The van der Waals surface area contributed by atoms with Crippen LogP contribution in [0.4, 0.5) is 0 Å². The van der Waals surface area contributed by atoms with Crippen LogP contribution in [0.3, 0.4) is 0 Å². The van der Waals surface area contributed by atoms with Crippen LogP contribution >= 0.6 is 0 Å².